The van der Waals surface area contributed by atoms with Gasteiger partial charge in [-0.25, -0.2) is 0 Å². The van der Waals surface area contributed by atoms with Crippen LogP contribution in [0.1, 0.15) is 13.8 Å². The first-order chi connectivity index (χ1) is 8.17. The molecule has 1 aromatic rings. The Morgan fingerprint density at radius 2 is 1.71 bits per heavy atom. The maximum atomic E-state index is 5.40. The van der Waals surface area contributed by atoms with E-state index in [0.29, 0.717) is 5.92 Å². The van der Waals surface area contributed by atoms with Gasteiger partial charge in [-0.15, -0.1) is 0 Å². The first-order valence-corrected chi connectivity index (χ1v) is 7.69. The molecule has 0 saturated carbocycles. The number of nitrogens with one attached hydrogen (secondary N) is 1. The van der Waals surface area contributed by atoms with Crippen molar-refractivity contribution >= 4 is 14.6 Å². The number of anilines is 1. The average Bonchev–Trinajstić information content (AvgIpc) is 2.31. The van der Waals surface area contributed by atoms with Crippen LogP contribution >= 0.6 is 0 Å². The van der Waals surface area contributed by atoms with Gasteiger partial charge in [0.25, 0.3) is 0 Å². The van der Waals surface area contributed by atoms with Crippen LogP contribution in [-0.2, 0) is 9.47 Å². The van der Waals surface area contributed by atoms with Crippen molar-refractivity contribution in [2.24, 2.45) is 5.92 Å². The lowest BCUT2D eigenvalue weighted by atomic mass is 10.3. The number of ether oxygens (including phenoxy) is 2. The summed E-state index contributed by atoms with van der Waals surface area (Å²) in [6.45, 7) is 4.44. The summed E-state index contributed by atoms with van der Waals surface area (Å²) in [6, 6.07) is 11.3. The van der Waals surface area contributed by atoms with Crippen LogP contribution in [0, 0.1) is 5.92 Å². The predicted molar refractivity (Wildman–Crippen MR) is 73.3 cm³/mol. The van der Waals surface area contributed by atoms with Crippen LogP contribution in [0.3, 0.4) is 0 Å². The molecule has 4 heteroatoms. The molecule has 0 saturated heterocycles. The van der Waals surface area contributed by atoms with E-state index in [2.05, 4.69) is 31.0 Å². The number of methoxy groups -OCH3 is 2. The monoisotopic (exact) mass is 252 g/mol. The van der Waals surface area contributed by atoms with Gasteiger partial charge in [0.05, 0.1) is 0 Å². The first kappa shape index (κ1) is 14.2. The van der Waals surface area contributed by atoms with Crippen molar-refractivity contribution in [2.45, 2.75) is 25.8 Å². The predicted octanol–water partition coefficient (Wildman–Crippen LogP) is 2.90. The smallest absolute Gasteiger partial charge is 0.235 e. The highest BCUT2D eigenvalue weighted by molar-refractivity contribution is 6.63. The van der Waals surface area contributed by atoms with Crippen molar-refractivity contribution in [3.63, 3.8) is 0 Å². The zero-order chi connectivity index (χ0) is 12.7. The summed E-state index contributed by atoms with van der Waals surface area (Å²) in [5, 5.41) is 0. The van der Waals surface area contributed by atoms with Crippen molar-refractivity contribution in [3.05, 3.63) is 30.3 Å². The molecule has 0 unspecified atom stereocenters. The second-order valence-electron chi connectivity index (χ2n) is 4.42. The lowest BCUT2D eigenvalue weighted by Crippen LogP contribution is -2.42. The lowest BCUT2D eigenvalue weighted by Gasteiger charge is -2.25. The van der Waals surface area contributed by atoms with Crippen LogP contribution in [-0.4, -0.2) is 29.1 Å². The van der Waals surface area contributed by atoms with Crippen LogP contribution in [0.2, 0.25) is 6.04 Å². The minimum atomic E-state index is -0.931. The average molecular weight is 252 g/mol. The third-order valence-corrected chi connectivity index (χ3v) is 5.33. The summed E-state index contributed by atoms with van der Waals surface area (Å²) in [5.74, 6) is 0.510. The summed E-state index contributed by atoms with van der Waals surface area (Å²) in [5.41, 5.74) is 1.14. The van der Waals surface area contributed by atoms with E-state index in [1.807, 2.05) is 18.2 Å². The molecule has 1 N–H and O–H groups in total. The maximum Gasteiger partial charge on any atom is 0.235 e. The Morgan fingerprint density at radius 1 is 1.12 bits per heavy atom. The van der Waals surface area contributed by atoms with E-state index in [9.17, 15) is 0 Å². The van der Waals surface area contributed by atoms with Gasteiger partial charge in [-0.05, 0) is 24.1 Å². The van der Waals surface area contributed by atoms with Crippen molar-refractivity contribution in [1.82, 2.24) is 0 Å². The van der Waals surface area contributed by atoms with E-state index >= 15 is 0 Å². The summed E-state index contributed by atoms with van der Waals surface area (Å²) >= 11 is 0. The summed E-state index contributed by atoms with van der Waals surface area (Å²) < 4.78 is 10.8. The molecular weight excluding hydrogens is 230 g/mol. The molecule has 0 aliphatic heterocycles. The fourth-order valence-corrected chi connectivity index (χ4v) is 4.13. The minimum absolute atomic E-state index is 0.123. The third kappa shape index (κ3) is 4.89. The SMILES string of the molecule is COC(OC)[Si](CC(C)C)Nc1ccccc1. The van der Waals surface area contributed by atoms with E-state index in [-0.39, 0.29) is 5.91 Å². The highest BCUT2D eigenvalue weighted by Gasteiger charge is 2.25. The van der Waals surface area contributed by atoms with Gasteiger partial charge in [-0.3, -0.25) is 0 Å². The highest BCUT2D eigenvalue weighted by atomic mass is 28.3. The first-order valence-electron chi connectivity index (χ1n) is 5.90. The second kappa shape index (κ2) is 7.48. The van der Waals surface area contributed by atoms with Gasteiger partial charge in [0, 0.05) is 19.9 Å². The Kier molecular flexibility index (Phi) is 6.25. The molecule has 0 bridgehead atoms. The van der Waals surface area contributed by atoms with Crippen molar-refractivity contribution < 1.29 is 9.47 Å². The largest absolute Gasteiger partial charge is 0.407 e. The Morgan fingerprint density at radius 3 is 2.18 bits per heavy atom. The van der Waals surface area contributed by atoms with Gasteiger partial charge in [-0.1, -0.05) is 32.0 Å². The van der Waals surface area contributed by atoms with Crippen LogP contribution in [0.5, 0.6) is 0 Å². The fraction of sp³-hybridized carbons (Fsp3) is 0.538. The molecule has 1 radical (unpaired) electrons. The number of hydrogen-bond donors (Lipinski definition) is 1. The Labute approximate surface area is 106 Å². The summed E-state index contributed by atoms with van der Waals surface area (Å²) in [6.07, 6.45) is 0. The van der Waals surface area contributed by atoms with Crippen molar-refractivity contribution in [2.75, 3.05) is 19.2 Å². The molecular formula is C13H22NO2Si. The standard InChI is InChI=1S/C13H22NO2Si/c1-11(2)10-17(13(15-3)16-4)14-12-8-6-5-7-9-12/h5-9,11,13-14H,10H2,1-4H3. The highest BCUT2D eigenvalue weighted by Crippen LogP contribution is 2.15. The topological polar surface area (TPSA) is 30.5 Å². The number of para-hydroxylation sites is 1. The van der Waals surface area contributed by atoms with Gasteiger partial charge in [-0.2, -0.15) is 0 Å². The van der Waals surface area contributed by atoms with E-state index in [4.69, 9.17) is 9.47 Å². The quantitative estimate of drug-likeness (QED) is 0.598. The van der Waals surface area contributed by atoms with E-state index < -0.39 is 8.96 Å². The molecule has 0 spiro atoms. The molecule has 0 heterocycles. The van der Waals surface area contributed by atoms with Gasteiger partial charge >= 0.3 is 0 Å². The van der Waals surface area contributed by atoms with Crippen molar-refractivity contribution in [1.29, 1.82) is 0 Å². The van der Waals surface area contributed by atoms with Gasteiger partial charge in [0.2, 0.25) is 8.96 Å². The van der Waals surface area contributed by atoms with Crippen LogP contribution in [0.15, 0.2) is 30.3 Å². The zero-order valence-corrected chi connectivity index (χ0v) is 12.1. The molecule has 0 fully saturated rings. The maximum absolute atomic E-state index is 5.40. The van der Waals surface area contributed by atoms with Gasteiger partial charge < -0.3 is 14.5 Å². The van der Waals surface area contributed by atoms with Crippen LogP contribution in [0.25, 0.3) is 0 Å². The van der Waals surface area contributed by atoms with Crippen LogP contribution in [0.4, 0.5) is 5.69 Å². The summed E-state index contributed by atoms with van der Waals surface area (Å²) in [7, 11) is 2.47. The lowest BCUT2D eigenvalue weighted by molar-refractivity contribution is -0.0471. The third-order valence-electron chi connectivity index (χ3n) is 2.42. The molecule has 95 valence electrons. The number of benzene rings is 1. The Hall–Kier alpha value is -0.843. The van der Waals surface area contributed by atoms with E-state index in [1.165, 1.54) is 0 Å². The van der Waals surface area contributed by atoms with Gasteiger partial charge in [0.1, 0.15) is 0 Å². The Balaban J connectivity index is 2.69. The molecule has 17 heavy (non-hydrogen) atoms. The summed E-state index contributed by atoms with van der Waals surface area (Å²) in [4.78, 5) is 3.56. The normalized spacial score (nSPS) is 11.5. The zero-order valence-electron chi connectivity index (χ0n) is 11.1. The fourth-order valence-electron chi connectivity index (χ4n) is 1.73. The number of rotatable bonds is 7. The Bertz CT molecular complexity index is 302. The molecule has 3 nitrogen and oxygen atoms in total. The minimum Gasteiger partial charge on any atom is -0.407 e. The van der Waals surface area contributed by atoms with E-state index in [0.717, 1.165) is 11.7 Å². The molecule has 0 aliphatic carbocycles. The molecule has 1 rings (SSSR count). The van der Waals surface area contributed by atoms with Crippen molar-refractivity contribution in [3.8, 4) is 0 Å². The molecule has 0 aliphatic rings. The van der Waals surface area contributed by atoms with Crippen LogP contribution < -0.4 is 4.98 Å². The molecule has 0 amide bonds. The second-order valence-corrected chi connectivity index (χ2v) is 6.60. The van der Waals surface area contributed by atoms with E-state index in [1.54, 1.807) is 14.2 Å². The molecule has 0 aromatic heterocycles. The number of hydrogen-bond acceptors (Lipinski definition) is 3. The molecule has 1 aromatic carbocycles. The van der Waals surface area contributed by atoms with Gasteiger partial charge in [0.15, 0.2) is 5.91 Å². The molecule has 0 atom stereocenters.